The minimum Gasteiger partial charge on any atom is -0.478 e. The fraction of sp³-hybridized carbons (Fsp3) is 0.167. The van der Waals surface area contributed by atoms with E-state index in [0.717, 1.165) is 6.07 Å². The number of carboxylic acid groups (broad SMARTS) is 1. The van der Waals surface area contributed by atoms with E-state index in [9.17, 15) is 18.0 Å². The SMILES string of the molecule is C/C(=C\C(c1ccccc1)c1ccccc1C(F)(F)F)C(=O)O. The lowest BCUT2D eigenvalue weighted by atomic mass is 9.86. The van der Waals surface area contributed by atoms with Gasteiger partial charge in [-0.05, 0) is 24.1 Å². The molecule has 0 saturated heterocycles. The smallest absolute Gasteiger partial charge is 0.416 e. The molecule has 2 nitrogen and oxygen atoms in total. The summed E-state index contributed by atoms with van der Waals surface area (Å²) in [5, 5.41) is 9.06. The van der Waals surface area contributed by atoms with Crippen LogP contribution in [0.25, 0.3) is 0 Å². The van der Waals surface area contributed by atoms with Crippen molar-refractivity contribution in [3.8, 4) is 0 Å². The van der Waals surface area contributed by atoms with Crippen molar-refractivity contribution in [3.05, 3.63) is 82.9 Å². The topological polar surface area (TPSA) is 37.3 Å². The number of hydrogen-bond donors (Lipinski definition) is 1. The molecule has 23 heavy (non-hydrogen) atoms. The van der Waals surface area contributed by atoms with Gasteiger partial charge in [0.2, 0.25) is 0 Å². The maximum absolute atomic E-state index is 13.3. The van der Waals surface area contributed by atoms with Gasteiger partial charge in [-0.15, -0.1) is 0 Å². The van der Waals surface area contributed by atoms with Crippen LogP contribution >= 0.6 is 0 Å². The van der Waals surface area contributed by atoms with E-state index in [1.165, 1.54) is 31.2 Å². The van der Waals surface area contributed by atoms with Crippen LogP contribution in [0.3, 0.4) is 0 Å². The zero-order valence-corrected chi connectivity index (χ0v) is 12.3. The molecule has 0 bridgehead atoms. The average molecular weight is 320 g/mol. The van der Waals surface area contributed by atoms with Gasteiger partial charge in [-0.3, -0.25) is 0 Å². The third-order valence-electron chi connectivity index (χ3n) is 3.51. The van der Waals surface area contributed by atoms with Crippen LogP contribution in [0.2, 0.25) is 0 Å². The van der Waals surface area contributed by atoms with Gasteiger partial charge in [0, 0.05) is 11.5 Å². The molecule has 2 aromatic carbocycles. The monoisotopic (exact) mass is 320 g/mol. The van der Waals surface area contributed by atoms with Crippen molar-refractivity contribution in [1.29, 1.82) is 0 Å². The number of halogens is 3. The van der Waals surface area contributed by atoms with Crippen molar-refractivity contribution in [3.63, 3.8) is 0 Å². The number of carboxylic acids is 1. The Kier molecular flexibility index (Phi) is 4.89. The summed E-state index contributed by atoms with van der Waals surface area (Å²) >= 11 is 0. The number of benzene rings is 2. The predicted molar refractivity (Wildman–Crippen MR) is 81.1 cm³/mol. The molecular formula is C18H15F3O2. The summed E-state index contributed by atoms with van der Waals surface area (Å²) in [6.07, 6.45) is -3.16. The van der Waals surface area contributed by atoms with Gasteiger partial charge in [-0.1, -0.05) is 54.6 Å². The first-order valence-electron chi connectivity index (χ1n) is 6.93. The van der Waals surface area contributed by atoms with Crippen LogP contribution in [0.5, 0.6) is 0 Å². The normalized spacial score (nSPS) is 13.7. The van der Waals surface area contributed by atoms with E-state index in [1.807, 2.05) is 0 Å². The molecule has 1 N–H and O–H groups in total. The number of aliphatic carboxylic acids is 1. The van der Waals surface area contributed by atoms with Crippen molar-refractivity contribution in [2.75, 3.05) is 0 Å². The first-order valence-corrected chi connectivity index (χ1v) is 6.93. The highest BCUT2D eigenvalue weighted by Crippen LogP contribution is 2.38. The fourth-order valence-electron chi connectivity index (χ4n) is 2.37. The molecule has 0 aromatic heterocycles. The maximum Gasteiger partial charge on any atom is 0.416 e. The molecule has 0 aliphatic heterocycles. The summed E-state index contributed by atoms with van der Waals surface area (Å²) in [6, 6.07) is 13.8. The van der Waals surface area contributed by atoms with E-state index in [4.69, 9.17) is 5.11 Å². The van der Waals surface area contributed by atoms with Crippen LogP contribution in [0, 0.1) is 0 Å². The van der Waals surface area contributed by atoms with Crippen molar-refractivity contribution in [2.24, 2.45) is 0 Å². The molecule has 1 atom stereocenters. The van der Waals surface area contributed by atoms with Crippen LogP contribution in [0.4, 0.5) is 13.2 Å². The van der Waals surface area contributed by atoms with Gasteiger partial charge in [0.05, 0.1) is 5.56 Å². The molecule has 120 valence electrons. The first-order chi connectivity index (χ1) is 10.8. The second-order valence-corrected chi connectivity index (χ2v) is 5.13. The van der Waals surface area contributed by atoms with E-state index in [-0.39, 0.29) is 11.1 Å². The quantitative estimate of drug-likeness (QED) is 0.816. The van der Waals surface area contributed by atoms with Gasteiger partial charge in [-0.2, -0.15) is 13.2 Å². The molecule has 0 amide bonds. The third-order valence-corrected chi connectivity index (χ3v) is 3.51. The molecule has 0 heterocycles. The molecule has 5 heteroatoms. The van der Waals surface area contributed by atoms with E-state index in [2.05, 4.69) is 0 Å². The van der Waals surface area contributed by atoms with Gasteiger partial charge < -0.3 is 5.11 Å². The minimum atomic E-state index is -4.51. The van der Waals surface area contributed by atoms with Crippen molar-refractivity contribution in [1.82, 2.24) is 0 Å². The summed E-state index contributed by atoms with van der Waals surface area (Å²) < 4.78 is 39.9. The molecule has 0 radical (unpaired) electrons. The van der Waals surface area contributed by atoms with Crippen LogP contribution in [0.1, 0.15) is 29.5 Å². The zero-order valence-electron chi connectivity index (χ0n) is 12.3. The molecule has 2 aromatic rings. The summed E-state index contributed by atoms with van der Waals surface area (Å²) in [5.74, 6) is -1.94. The van der Waals surface area contributed by atoms with Crippen LogP contribution in [0.15, 0.2) is 66.2 Å². The number of hydrogen-bond acceptors (Lipinski definition) is 1. The van der Waals surface area contributed by atoms with Gasteiger partial charge >= 0.3 is 12.1 Å². The lowest BCUT2D eigenvalue weighted by molar-refractivity contribution is -0.138. The standard InChI is InChI=1S/C18H15F3O2/c1-12(17(22)23)11-15(13-7-3-2-4-8-13)14-9-5-6-10-16(14)18(19,20)21/h2-11,15H,1H3,(H,22,23)/b12-11+. The summed E-state index contributed by atoms with van der Waals surface area (Å²) in [6.45, 7) is 1.37. The number of alkyl halides is 3. The Bertz CT molecular complexity index is 719. The van der Waals surface area contributed by atoms with Gasteiger partial charge in [0.1, 0.15) is 0 Å². The number of carbonyl (C=O) groups is 1. The summed E-state index contributed by atoms with van der Waals surface area (Å²) in [7, 11) is 0. The van der Waals surface area contributed by atoms with Crippen LogP contribution < -0.4 is 0 Å². The molecule has 0 spiro atoms. The van der Waals surface area contributed by atoms with Gasteiger partial charge in [-0.25, -0.2) is 4.79 Å². The largest absolute Gasteiger partial charge is 0.478 e. The minimum absolute atomic E-state index is 0.00386. The Balaban J connectivity index is 2.65. The van der Waals surface area contributed by atoms with Crippen LogP contribution in [-0.4, -0.2) is 11.1 Å². The predicted octanol–water partition coefficient (Wildman–Crippen LogP) is 4.87. The second kappa shape index (κ2) is 6.69. The molecule has 1 unspecified atom stereocenters. The van der Waals surface area contributed by atoms with Gasteiger partial charge in [0.25, 0.3) is 0 Å². The summed E-state index contributed by atoms with van der Waals surface area (Å²) in [4.78, 5) is 11.1. The molecule has 0 saturated carbocycles. The maximum atomic E-state index is 13.3. The van der Waals surface area contributed by atoms with Gasteiger partial charge in [0.15, 0.2) is 0 Å². The molecule has 0 aliphatic carbocycles. The molecule has 0 aliphatic rings. The highest BCUT2D eigenvalue weighted by molar-refractivity contribution is 5.86. The molecular weight excluding hydrogens is 305 g/mol. The lowest BCUT2D eigenvalue weighted by Crippen LogP contribution is -2.13. The highest BCUT2D eigenvalue weighted by atomic mass is 19.4. The Morgan fingerprint density at radius 2 is 1.61 bits per heavy atom. The van der Waals surface area contributed by atoms with Crippen molar-refractivity contribution < 1.29 is 23.1 Å². The second-order valence-electron chi connectivity index (χ2n) is 5.13. The highest BCUT2D eigenvalue weighted by Gasteiger charge is 2.35. The summed E-state index contributed by atoms with van der Waals surface area (Å²) in [5.41, 5.74) is -0.129. The molecule has 0 fully saturated rings. The Morgan fingerprint density at radius 1 is 1.04 bits per heavy atom. The Hall–Kier alpha value is -2.56. The van der Waals surface area contributed by atoms with Crippen molar-refractivity contribution in [2.45, 2.75) is 19.0 Å². The Labute approximate surface area is 131 Å². The average Bonchev–Trinajstić information content (AvgIpc) is 2.52. The number of allylic oxidation sites excluding steroid dienone is 1. The van der Waals surface area contributed by atoms with E-state index < -0.39 is 23.6 Å². The van der Waals surface area contributed by atoms with E-state index >= 15 is 0 Å². The first kappa shape index (κ1) is 16.8. The van der Waals surface area contributed by atoms with E-state index in [0.29, 0.717) is 5.56 Å². The van der Waals surface area contributed by atoms with Crippen LogP contribution in [-0.2, 0) is 11.0 Å². The lowest BCUT2D eigenvalue weighted by Gasteiger charge is -2.20. The zero-order chi connectivity index (χ0) is 17.0. The molecule has 2 rings (SSSR count). The fourth-order valence-corrected chi connectivity index (χ4v) is 2.37. The van der Waals surface area contributed by atoms with E-state index in [1.54, 1.807) is 30.3 Å². The number of rotatable bonds is 4. The van der Waals surface area contributed by atoms with Crippen molar-refractivity contribution >= 4 is 5.97 Å². The Morgan fingerprint density at radius 3 is 2.17 bits per heavy atom. The third kappa shape index (κ3) is 4.00.